The van der Waals surface area contributed by atoms with Gasteiger partial charge < -0.3 is 19.9 Å². The maximum atomic E-state index is 12.9. The van der Waals surface area contributed by atoms with Crippen LogP contribution in [-0.2, 0) is 15.7 Å². The number of aliphatic hydroxyl groups is 1. The summed E-state index contributed by atoms with van der Waals surface area (Å²) in [7, 11) is 2.35. The largest absolute Gasteiger partial charge is 0.494 e. The highest BCUT2D eigenvalue weighted by atomic mass is 19.4. The van der Waals surface area contributed by atoms with E-state index in [2.05, 4.69) is 15.0 Å². The van der Waals surface area contributed by atoms with Gasteiger partial charge in [-0.2, -0.15) is 13.2 Å². The van der Waals surface area contributed by atoms with Gasteiger partial charge in [0, 0.05) is 10.9 Å². The third-order valence-corrected chi connectivity index (χ3v) is 3.80. The van der Waals surface area contributed by atoms with Crippen LogP contribution in [0.3, 0.4) is 0 Å². The molecule has 2 N–H and O–H groups in total. The minimum absolute atomic E-state index is 0.0402. The number of alkyl halides is 3. The molecule has 1 aromatic heterocycles. The Morgan fingerprint density at radius 2 is 1.85 bits per heavy atom. The average molecular weight is 386 g/mol. The van der Waals surface area contributed by atoms with E-state index < -0.39 is 35.9 Å². The van der Waals surface area contributed by atoms with Crippen molar-refractivity contribution >= 4 is 22.8 Å². The number of aliphatic hydroxyl groups excluding tert-OH is 1. The van der Waals surface area contributed by atoms with Gasteiger partial charge in [-0.05, 0) is 31.2 Å². The van der Waals surface area contributed by atoms with Gasteiger partial charge in [0.25, 0.3) is 5.91 Å². The molecule has 10 heteroatoms. The normalized spacial score (nSPS) is 13.7. The van der Waals surface area contributed by atoms with Crippen LogP contribution in [0.1, 0.15) is 23.0 Å². The van der Waals surface area contributed by atoms with Crippen LogP contribution in [0, 0.1) is 0 Å². The van der Waals surface area contributed by atoms with E-state index in [1.807, 2.05) is 0 Å². The van der Waals surface area contributed by atoms with E-state index in [-0.39, 0.29) is 22.2 Å². The quantitative estimate of drug-likeness (QED) is 0.762. The van der Waals surface area contributed by atoms with Crippen LogP contribution < -0.4 is 10.1 Å². The van der Waals surface area contributed by atoms with Crippen molar-refractivity contribution in [2.45, 2.75) is 25.2 Å². The van der Waals surface area contributed by atoms with Gasteiger partial charge in [-0.1, -0.05) is 0 Å². The summed E-state index contributed by atoms with van der Waals surface area (Å²) in [6.07, 6.45) is -5.92. The first-order valence-electron chi connectivity index (χ1n) is 7.71. The van der Waals surface area contributed by atoms with Crippen molar-refractivity contribution < 1.29 is 37.3 Å². The first-order valence-corrected chi connectivity index (χ1v) is 7.71. The number of aromatic nitrogens is 1. The molecule has 0 saturated heterocycles. The zero-order valence-corrected chi connectivity index (χ0v) is 14.6. The summed E-state index contributed by atoms with van der Waals surface area (Å²) >= 11 is 0. The summed E-state index contributed by atoms with van der Waals surface area (Å²) in [6, 6.07) is 3.10. The number of benzene rings is 1. The summed E-state index contributed by atoms with van der Waals surface area (Å²) in [5.74, 6) is -1.61. The molecule has 27 heavy (non-hydrogen) atoms. The van der Waals surface area contributed by atoms with E-state index in [4.69, 9.17) is 4.74 Å². The predicted molar refractivity (Wildman–Crippen MR) is 88.2 cm³/mol. The Labute approximate surface area is 152 Å². The fourth-order valence-corrected chi connectivity index (χ4v) is 2.44. The molecule has 0 aliphatic heterocycles. The maximum Gasteiger partial charge on any atom is 0.433 e. The zero-order valence-electron chi connectivity index (χ0n) is 14.6. The molecule has 0 radical (unpaired) electrons. The third kappa shape index (κ3) is 4.27. The van der Waals surface area contributed by atoms with E-state index in [0.29, 0.717) is 0 Å². The molecule has 7 nitrogen and oxygen atoms in total. The lowest BCUT2D eigenvalue weighted by molar-refractivity contribution is -0.145. The maximum absolute atomic E-state index is 12.9. The molecule has 146 valence electrons. The number of esters is 1. The molecule has 1 heterocycles. The number of hydrogen-bond donors (Lipinski definition) is 2. The number of carbonyl (C=O) groups excluding carboxylic acids is 2. The van der Waals surface area contributed by atoms with E-state index in [1.165, 1.54) is 26.2 Å². The Morgan fingerprint density at radius 3 is 2.37 bits per heavy atom. The number of nitrogens with zero attached hydrogens (tertiary/aromatic N) is 1. The van der Waals surface area contributed by atoms with Gasteiger partial charge in [-0.3, -0.25) is 4.79 Å². The van der Waals surface area contributed by atoms with Crippen molar-refractivity contribution in [2.24, 2.45) is 0 Å². The van der Waals surface area contributed by atoms with Crippen molar-refractivity contribution in [1.29, 1.82) is 0 Å². The van der Waals surface area contributed by atoms with Gasteiger partial charge in [-0.25, -0.2) is 9.78 Å². The second-order valence-electron chi connectivity index (χ2n) is 5.62. The first kappa shape index (κ1) is 20.4. The number of fused-ring (bicyclic) bond motifs is 1. The lowest BCUT2D eigenvalue weighted by Gasteiger charge is -2.19. The van der Waals surface area contributed by atoms with Gasteiger partial charge >= 0.3 is 12.1 Å². The molecule has 1 amide bonds. The summed E-state index contributed by atoms with van der Waals surface area (Å²) in [5, 5.41) is 12.1. The highest BCUT2D eigenvalue weighted by Crippen LogP contribution is 2.33. The summed E-state index contributed by atoms with van der Waals surface area (Å²) in [6.45, 7) is 1.28. The molecule has 0 bridgehead atoms. The van der Waals surface area contributed by atoms with E-state index in [1.54, 1.807) is 0 Å². The monoisotopic (exact) mass is 386 g/mol. The number of nitrogens with one attached hydrogen (secondary N) is 1. The van der Waals surface area contributed by atoms with Crippen molar-refractivity contribution in [3.8, 4) is 5.75 Å². The minimum Gasteiger partial charge on any atom is -0.494 e. The van der Waals surface area contributed by atoms with E-state index in [0.717, 1.165) is 19.2 Å². The predicted octanol–water partition coefficient (Wildman–Crippen LogP) is 1.91. The van der Waals surface area contributed by atoms with Crippen LogP contribution in [0.15, 0.2) is 24.3 Å². The first-order chi connectivity index (χ1) is 12.6. The van der Waals surface area contributed by atoms with Crippen molar-refractivity contribution in [3.63, 3.8) is 0 Å². The molecule has 0 saturated carbocycles. The number of ether oxygens (including phenoxy) is 2. The van der Waals surface area contributed by atoms with Crippen molar-refractivity contribution in [3.05, 3.63) is 35.5 Å². The Bertz CT molecular complexity index is 868. The van der Waals surface area contributed by atoms with Crippen LogP contribution >= 0.6 is 0 Å². The average Bonchev–Trinajstić information content (AvgIpc) is 2.62. The fourth-order valence-electron chi connectivity index (χ4n) is 2.44. The number of rotatable bonds is 5. The molecule has 0 aliphatic rings. The van der Waals surface area contributed by atoms with Gasteiger partial charge in [0.05, 0.1) is 20.3 Å². The fraction of sp³-hybridized carbons (Fsp3) is 0.353. The molecule has 2 atom stereocenters. The van der Waals surface area contributed by atoms with Crippen LogP contribution in [0.2, 0.25) is 0 Å². The lowest BCUT2D eigenvalue weighted by Crippen LogP contribution is -2.48. The van der Waals surface area contributed by atoms with Crippen LogP contribution in [0.4, 0.5) is 13.2 Å². The van der Waals surface area contributed by atoms with Crippen molar-refractivity contribution in [1.82, 2.24) is 10.3 Å². The number of methoxy groups -OCH3 is 2. The number of pyridine rings is 1. The van der Waals surface area contributed by atoms with E-state index >= 15 is 0 Å². The lowest BCUT2D eigenvalue weighted by atomic mass is 10.0. The molecular formula is C17H17F3N2O5. The number of carbonyl (C=O) groups is 2. The number of amides is 1. The molecule has 0 fully saturated rings. The Kier molecular flexibility index (Phi) is 5.89. The van der Waals surface area contributed by atoms with Gasteiger partial charge in [-0.15, -0.1) is 0 Å². The standard InChI is InChI=1S/C17H17F3N2O5/c1-8(23)13(16(25)27-3)22-15(24)10-4-6-11(26-2)14-9(10)5-7-12(21-14)17(18,19)20/h4-8,13,23H,1-3H3,(H,22,24)/t8-,13?/m1/s1. The number of hydrogen-bond acceptors (Lipinski definition) is 6. The third-order valence-electron chi connectivity index (χ3n) is 3.80. The summed E-state index contributed by atoms with van der Waals surface area (Å²) in [4.78, 5) is 27.8. The van der Waals surface area contributed by atoms with Gasteiger partial charge in [0.15, 0.2) is 6.04 Å². The highest BCUT2D eigenvalue weighted by Gasteiger charge is 2.33. The van der Waals surface area contributed by atoms with Crippen LogP contribution in [0.5, 0.6) is 5.75 Å². The van der Waals surface area contributed by atoms with Gasteiger partial charge in [0.1, 0.15) is 17.0 Å². The molecular weight excluding hydrogens is 369 g/mol. The highest BCUT2D eigenvalue weighted by molar-refractivity contribution is 6.08. The van der Waals surface area contributed by atoms with E-state index in [9.17, 15) is 27.9 Å². The number of halogens is 3. The van der Waals surface area contributed by atoms with Crippen LogP contribution in [-0.4, -0.2) is 48.3 Å². The van der Waals surface area contributed by atoms with Gasteiger partial charge in [0.2, 0.25) is 0 Å². The molecule has 0 aliphatic carbocycles. The minimum atomic E-state index is -4.67. The SMILES string of the molecule is COC(=O)C(NC(=O)c1ccc(OC)c2nc(C(F)(F)F)ccc12)[C@@H](C)O. The second-order valence-corrected chi connectivity index (χ2v) is 5.62. The Morgan fingerprint density at radius 1 is 1.19 bits per heavy atom. The molecule has 2 aromatic rings. The smallest absolute Gasteiger partial charge is 0.433 e. The zero-order chi connectivity index (χ0) is 20.4. The summed E-state index contributed by atoms with van der Waals surface area (Å²) < 4.78 is 48.4. The Balaban J connectivity index is 2.52. The summed E-state index contributed by atoms with van der Waals surface area (Å²) in [5.41, 5.74) is -1.34. The van der Waals surface area contributed by atoms with Crippen molar-refractivity contribution in [2.75, 3.05) is 14.2 Å². The molecule has 0 spiro atoms. The van der Waals surface area contributed by atoms with Crippen LogP contribution in [0.25, 0.3) is 10.9 Å². The topological polar surface area (TPSA) is 97.8 Å². The molecule has 1 aromatic carbocycles. The molecule has 2 rings (SSSR count). The molecule has 1 unspecified atom stereocenters. The Hall–Kier alpha value is -2.88. The second kappa shape index (κ2) is 7.78.